The van der Waals surface area contributed by atoms with Crippen molar-refractivity contribution in [2.45, 2.75) is 77.3 Å². The molecule has 1 aliphatic rings. The molecule has 0 heterocycles. The van der Waals surface area contributed by atoms with Crippen molar-refractivity contribution in [1.82, 2.24) is 10.6 Å². The average Bonchev–Trinajstić information content (AvgIpc) is 2.77. The largest absolute Gasteiger partial charge is 0.481 e. The first-order valence-electron chi connectivity index (χ1n) is 7.73. The highest BCUT2D eigenvalue weighted by Gasteiger charge is 2.37. The molecule has 2 amide bonds. The van der Waals surface area contributed by atoms with Crippen LogP contribution in [-0.2, 0) is 4.79 Å². The first kappa shape index (κ1) is 16.8. The predicted molar refractivity (Wildman–Crippen MR) is 78.7 cm³/mol. The lowest BCUT2D eigenvalue weighted by atomic mass is 9.93. The van der Waals surface area contributed by atoms with Crippen LogP contribution in [0.1, 0.15) is 65.7 Å². The standard InChI is InChI=1S/C15H28N2O3/c1-4-12(5-2)11(3)16-14(20)17-15(10-13(18)19)8-6-7-9-15/h11-12H,4-10H2,1-3H3,(H,18,19)(H2,16,17,20). The van der Waals surface area contributed by atoms with Gasteiger partial charge in [0.1, 0.15) is 0 Å². The molecular formula is C15H28N2O3. The SMILES string of the molecule is CCC(CC)C(C)NC(=O)NC1(CC(=O)O)CCCC1. The van der Waals surface area contributed by atoms with Gasteiger partial charge >= 0.3 is 12.0 Å². The summed E-state index contributed by atoms with van der Waals surface area (Å²) in [6, 6.07) is -0.124. The number of hydrogen-bond donors (Lipinski definition) is 3. The van der Waals surface area contributed by atoms with Crippen molar-refractivity contribution in [3.05, 3.63) is 0 Å². The van der Waals surface area contributed by atoms with Crippen LogP contribution in [0, 0.1) is 5.92 Å². The lowest BCUT2D eigenvalue weighted by Gasteiger charge is -2.30. The molecule has 5 heteroatoms. The first-order valence-corrected chi connectivity index (χ1v) is 7.73. The number of carboxylic acids is 1. The van der Waals surface area contributed by atoms with Crippen molar-refractivity contribution in [2.24, 2.45) is 5.92 Å². The minimum absolute atomic E-state index is 0.0137. The van der Waals surface area contributed by atoms with E-state index in [1.807, 2.05) is 6.92 Å². The molecule has 0 aromatic rings. The second-order valence-corrected chi connectivity index (χ2v) is 6.02. The average molecular weight is 284 g/mol. The molecule has 20 heavy (non-hydrogen) atoms. The Bertz CT molecular complexity index is 334. The molecule has 0 saturated heterocycles. The lowest BCUT2D eigenvalue weighted by Crippen LogP contribution is -2.54. The summed E-state index contributed by atoms with van der Waals surface area (Å²) >= 11 is 0. The van der Waals surface area contributed by atoms with Crippen molar-refractivity contribution in [3.8, 4) is 0 Å². The van der Waals surface area contributed by atoms with Crippen LogP contribution in [0.3, 0.4) is 0 Å². The molecule has 1 unspecified atom stereocenters. The van der Waals surface area contributed by atoms with Crippen molar-refractivity contribution < 1.29 is 14.7 Å². The van der Waals surface area contributed by atoms with Crippen molar-refractivity contribution in [2.75, 3.05) is 0 Å². The van der Waals surface area contributed by atoms with Gasteiger partial charge in [0.2, 0.25) is 0 Å². The van der Waals surface area contributed by atoms with Gasteiger partial charge in [-0.25, -0.2) is 4.79 Å². The maximum atomic E-state index is 12.1. The predicted octanol–water partition coefficient (Wildman–Crippen LogP) is 2.90. The molecule has 0 bridgehead atoms. The number of amides is 2. The second-order valence-electron chi connectivity index (χ2n) is 6.02. The van der Waals surface area contributed by atoms with Gasteiger partial charge in [-0.2, -0.15) is 0 Å². The third-order valence-corrected chi connectivity index (χ3v) is 4.54. The van der Waals surface area contributed by atoms with E-state index in [-0.39, 0.29) is 18.5 Å². The second kappa shape index (κ2) is 7.50. The summed E-state index contributed by atoms with van der Waals surface area (Å²) in [6.45, 7) is 6.25. The zero-order valence-corrected chi connectivity index (χ0v) is 12.9. The topological polar surface area (TPSA) is 78.4 Å². The van der Waals surface area contributed by atoms with E-state index in [0.29, 0.717) is 5.92 Å². The van der Waals surface area contributed by atoms with Gasteiger partial charge in [0, 0.05) is 6.04 Å². The molecule has 1 atom stereocenters. The fourth-order valence-electron chi connectivity index (χ4n) is 3.28. The Morgan fingerprint density at radius 2 is 1.75 bits per heavy atom. The van der Waals surface area contributed by atoms with Gasteiger partial charge in [-0.05, 0) is 25.7 Å². The van der Waals surface area contributed by atoms with Crippen LogP contribution in [0.25, 0.3) is 0 Å². The molecule has 1 fully saturated rings. The number of aliphatic carboxylic acids is 1. The number of carboxylic acid groups (broad SMARTS) is 1. The van der Waals surface area contributed by atoms with Crippen molar-refractivity contribution >= 4 is 12.0 Å². The molecule has 5 nitrogen and oxygen atoms in total. The summed E-state index contributed by atoms with van der Waals surface area (Å²) in [4.78, 5) is 23.1. The minimum Gasteiger partial charge on any atom is -0.481 e. The van der Waals surface area contributed by atoms with Crippen molar-refractivity contribution in [3.63, 3.8) is 0 Å². The maximum absolute atomic E-state index is 12.1. The van der Waals surface area contributed by atoms with E-state index in [9.17, 15) is 9.59 Å². The van der Waals surface area contributed by atoms with Gasteiger partial charge in [0.05, 0.1) is 12.0 Å². The molecule has 0 aromatic carbocycles. The summed E-state index contributed by atoms with van der Waals surface area (Å²) in [7, 11) is 0. The molecule has 1 saturated carbocycles. The molecule has 0 radical (unpaired) electrons. The van der Waals surface area contributed by atoms with Gasteiger partial charge in [0.15, 0.2) is 0 Å². The Morgan fingerprint density at radius 3 is 2.20 bits per heavy atom. The van der Waals surface area contributed by atoms with Gasteiger partial charge in [-0.1, -0.05) is 39.5 Å². The number of nitrogens with one attached hydrogen (secondary N) is 2. The number of carbonyl (C=O) groups excluding carboxylic acids is 1. The lowest BCUT2D eigenvalue weighted by molar-refractivity contribution is -0.138. The van der Waals surface area contributed by atoms with Gasteiger partial charge in [0.25, 0.3) is 0 Å². The molecule has 0 aromatic heterocycles. The van der Waals surface area contributed by atoms with E-state index < -0.39 is 11.5 Å². The van der Waals surface area contributed by atoms with Crippen LogP contribution in [0.2, 0.25) is 0 Å². The third kappa shape index (κ3) is 4.69. The summed E-state index contributed by atoms with van der Waals surface area (Å²) < 4.78 is 0. The van der Waals surface area contributed by atoms with E-state index in [2.05, 4.69) is 24.5 Å². The summed E-state index contributed by atoms with van der Waals surface area (Å²) in [5, 5.41) is 14.9. The highest BCUT2D eigenvalue weighted by atomic mass is 16.4. The summed E-state index contributed by atoms with van der Waals surface area (Å²) in [5.74, 6) is -0.389. The number of carbonyl (C=O) groups is 2. The Labute approximate surface area is 121 Å². The normalized spacial score (nSPS) is 18.8. The fraction of sp³-hybridized carbons (Fsp3) is 0.867. The van der Waals surface area contributed by atoms with Crippen LogP contribution in [0.4, 0.5) is 4.79 Å². The molecule has 0 spiro atoms. The van der Waals surface area contributed by atoms with E-state index in [1.165, 1.54) is 0 Å². The highest BCUT2D eigenvalue weighted by molar-refractivity contribution is 5.77. The zero-order chi connectivity index (χ0) is 15.2. The summed E-state index contributed by atoms with van der Waals surface area (Å²) in [6.07, 6.45) is 5.54. The Hall–Kier alpha value is -1.26. The number of urea groups is 1. The van der Waals surface area contributed by atoms with Gasteiger partial charge < -0.3 is 15.7 Å². The zero-order valence-electron chi connectivity index (χ0n) is 12.9. The molecule has 3 N–H and O–H groups in total. The fourth-order valence-corrected chi connectivity index (χ4v) is 3.28. The smallest absolute Gasteiger partial charge is 0.315 e. The Kier molecular flexibility index (Phi) is 6.30. The molecule has 1 aliphatic carbocycles. The number of rotatable bonds is 7. The monoisotopic (exact) mass is 284 g/mol. The third-order valence-electron chi connectivity index (χ3n) is 4.54. The van der Waals surface area contributed by atoms with Crippen LogP contribution >= 0.6 is 0 Å². The van der Waals surface area contributed by atoms with E-state index in [1.54, 1.807) is 0 Å². The van der Waals surface area contributed by atoms with Crippen molar-refractivity contribution in [1.29, 1.82) is 0 Å². The van der Waals surface area contributed by atoms with Crippen LogP contribution < -0.4 is 10.6 Å². The number of hydrogen-bond acceptors (Lipinski definition) is 2. The van der Waals surface area contributed by atoms with Crippen LogP contribution in [-0.4, -0.2) is 28.7 Å². The Morgan fingerprint density at radius 1 is 1.20 bits per heavy atom. The van der Waals surface area contributed by atoms with E-state index >= 15 is 0 Å². The summed E-state index contributed by atoms with van der Waals surface area (Å²) in [5.41, 5.74) is -0.552. The molecule has 1 rings (SSSR count). The van der Waals surface area contributed by atoms with Crippen LogP contribution in [0.5, 0.6) is 0 Å². The first-order chi connectivity index (χ1) is 9.42. The quantitative estimate of drug-likeness (QED) is 0.672. The molecule has 0 aliphatic heterocycles. The highest BCUT2D eigenvalue weighted by Crippen LogP contribution is 2.32. The maximum Gasteiger partial charge on any atom is 0.315 e. The van der Waals surface area contributed by atoms with Gasteiger partial charge in [-0.15, -0.1) is 0 Å². The van der Waals surface area contributed by atoms with E-state index in [4.69, 9.17) is 5.11 Å². The Balaban J connectivity index is 2.56. The minimum atomic E-state index is -0.847. The van der Waals surface area contributed by atoms with Gasteiger partial charge in [-0.3, -0.25) is 4.79 Å². The van der Waals surface area contributed by atoms with E-state index in [0.717, 1.165) is 38.5 Å². The molecule has 116 valence electrons. The molecular weight excluding hydrogens is 256 g/mol. The van der Waals surface area contributed by atoms with Crippen LogP contribution in [0.15, 0.2) is 0 Å².